The number of phenols is 1. The lowest BCUT2D eigenvalue weighted by molar-refractivity contribution is 0.465. The Kier molecular flexibility index (Phi) is 3.34. The molecule has 2 aromatic carbocycles. The Labute approximate surface area is 107 Å². The Balaban J connectivity index is 2.44. The summed E-state index contributed by atoms with van der Waals surface area (Å²) in [5, 5.41) is 19.1. The summed E-state index contributed by atoms with van der Waals surface area (Å²) in [5.74, 6) is 0.327. The van der Waals surface area contributed by atoms with Crippen LogP contribution in [0, 0.1) is 25.2 Å². The lowest BCUT2D eigenvalue weighted by Crippen LogP contribution is -1.95. The average Bonchev–Trinajstić information content (AvgIpc) is 2.36. The molecule has 2 heteroatoms. The van der Waals surface area contributed by atoms with Gasteiger partial charge >= 0.3 is 0 Å². The van der Waals surface area contributed by atoms with E-state index in [4.69, 9.17) is 5.26 Å². The highest BCUT2D eigenvalue weighted by atomic mass is 16.3. The minimum Gasteiger partial charge on any atom is -0.507 e. The quantitative estimate of drug-likeness (QED) is 0.869. The Bertz CT molecular complexity index is 623. The first-order valence-electron chi connectivity index (χ1n) is 5.89. The molecule has 0 saturated heterocycles. The van der Waals surface area contributed by atoms with Gasteiger partial charge in [-0.1, -0.05) is 35.9 Å². The van der Waals surface area contributed by atoms with Crippen LogP contribution >= 0.6 is 0 Å². The molecule has 0 aliphatic carbocycles. The molecule has 0 aliphatic rings. The van der Waals surface area contributed by atoms with Gasteiger partial charge in [0, 0.05) is 6.42 Å². The van der Waals surface area contributed by atoms with Crippen LogP contribution in [0.2, 0.25) is 0 Å². The van der Waals surface area contributed by atoms with E-state index < -0.39 is 0 Å². The second-order valence-corrected chi connectivity index (χ2v) is 4.54. The molecule has 0 unspecified atom stereocenters. The topological polar surface area (TPSA) is 44.0 Å². The number of phenolic OH excluding ortho intramolecular Hbond substituents is 1. The highest BCUT2D eigenvalue weighted by molar-refractivity contribution is 5.47. The van der Waals surface area contributed by atoms with E-state index in [9.17, 15) is 5.11 Å². The van der Waals surface area contributed by atoms with E-state index in [2.05, 4.69) is 6.07 Å². The molecule has 2 aromatic rings. The maximum Gasteiger partial charge on any atom is 0.122 e. The molecule has 0 bridgehead atoms. The van der Waals surface area contributed by atoms with Gasteiger partial charge in [-0.2, -0.15) is 5.26 Å². The van der Waals surface area contributed by atoms with Crippen molar-refractivity contribution in [2.24, 2.45) is 0 Å². The minimum absolute atomic E-state index is 0.327. The molecule has 0 aromatic heterocycles. The maximum atomic E-state index is 10.1. The normalized spacial score (nSPS) is 10.1. The molecule has 2 rings (SSSR count). The fraction of sp³-hybridized carbons (Fsp3) is 0.188. The van der Waals surface area contributed by atoms with E-state index in [-0.39, 0.29) is 0 Å². The van der Waals surface area contributed by atoms with Crippen LogP contribution in [0.1, 0.15) is 27.8 Å². The van der Waals surface area contributed by atoms with Gasteiger partial charge in [-0.15, -0.1) is 0 Å². The Morgan fingerprint density at radius 2 is 1.83 bits per heavy atom. The monoisotopic (exact) mass is 237 g/mol. The zero-order chi connectivity index (χ0) is 13.1. The van der Waals surface area contributed by atoms with Crippen LogP contribution in [0.4, 0.5) is 0 Å². The van der Waals surface area contributed by atoms with Gasteiger partial charge in [0.2, 0.25) is 0 Å². The number of rotatable bonds is 2. The predicted molar refractivity (Wildman–Crippen MR) is 71.5 cm³/mol. The summed E-state index contributed by atoms with van der Waals surface area (Å²) in [6.45, 7) is 3.90. The van der Waals surface area contributed by atoms with Crippen molar-refractivity contribution in [3.8, 4) is 11.8 Å². The summed E-state index contributed by atoms with van der Waals surface area (Å²) in [6.07, 6.45) is 0.581. The third-order valence-corrected chi connectivity index (χ3v) is 3.04. The van der Waals surface area contributed by atoms with Gasteiger partial charge in [0.15, 0.2) is 0 Å². The van der Waals surface area contributed by atoms with Crippen molar-refractivity contribution in [2.45, 2.75) is 20.3 Å². The zero-order valence-corrected chi connectivity index (χ0v) is 10.6. The van der Waals surface area contributed by atoms with Gasteiger partial charge in [-0.25, -0.2) is 0 Å². The second kappa shape index (κ2) is 4.93. The van der Waals surface area contributed by atoms with E-state index in [1.165, 1.54) is 0 Å². The van der Waals surface area contributed by atoms with Gasteiger partial charge in [0.1, 0.15) is 5.75 Å². The molecule has 2 nitrogen and oxygen atoms in total. The van der Waals surface area contributed by atoms with Gasteiger partial charge < -0.3 is 5.11 Å². The fourth-order valence-corrected chi connectivity index (χ4v) is 2.17. The van der Waals surface area contributed by atoms with Crippen molar-refractivity contribution >= 4 is 0 Å². The molecule has 0 fully saturated rings. The first kappa shape index (κ1) is 12.2. The van der Waals surface area contributed by atoms with Crippen molar-refractivity contribution < 1.29 is 5.11 Å². The summed E-state index contributed by atoms with van der Waals surface area (Å²) < 4.78 is 0. The standard InChI is InChI=1S/C16H15NO/c1-11-7-12(2)16(18)15(8-11)9-13-5-3-4-6-14(13)10-17/h3-8,18H,9H2,1-2H3. The highest BCUT2D eigenvalue weighted by Gasteiger charge is 2.08. The Morgan fingerprint density at radius 1 is 1.11 bits per heavy atom. The number of nitrogens with zero attached hydrogens (tertiary/aromatic N) is 1. The number of benzene rings is 2. The molecule has 0 saturated carbocycles. The van der Waals surface area contributed by atoms with Crippen molar-refractivity contribution in [3.63, 3.8) is 0 Å². The number of aryl methyl sites for hydroxylation is 2. The fourth-order valence-electron chi connectivity index (χ4n) is 2.17. The van der Waals surface area contributed by atoms with Gasteiger partial charge in [-0.3, -0.25) is 0 Å². The van der Waals surface area contributed by atoms with E-state index in [1.54, 1.807) is 6.07 Å². The summed E-state index contributed by atoms with van der Waals surface area (Å²) in [5.41, 5.74) is 4.47. The number of hydrogen-bond donors (Lipinski definition) is 1. The zero-order valence-electron chi connectivity index (χ0n) is 10.6. The Hall–Kier alpha value is -2.27. The lowest BCUT2D eigenvalue weighted by Gasteiger charge is -2.10. The Morgan fingerprint density at radius 3 is 2.56 bits per heavy atom. The summed E-state index contributed by atoms with van der Waals surface area (Å²) in [6, 6.07) is 13.6. The number of nitriles is 1. The molecule has 0 amide bonds. The third-order valence-electron chi connectivity index (χ3n) is 3.04. The highest BCUT2D eigenvalue weighted by Crippen LogP contribution is 2.26. The minimum atomic E-state index is 0.327. The molecule has 0 heterocycles. The van der Waals surface area contributed by atoms with E-state index in [0.29, 0.717) is 17.7 Å². The molecular formula is C16H15NO. The molecular weight excluding hydrogens is 222 g/mol. The summed E-state index contributed by atoms with van der Waals surface area (Å²) in [4.78, 5) is 0. The summed E-state index contributed by atoms with van der Waals surface area (Å²) >= 11 is 0. The van der Waals surface area contributed by atoms with Gasteiger partial charge in [0.05, 0.1) is 11.6 Å². The van der Waals surface area contributed by atoms with Crippen molar-refractivity contribution in [1.29, 1.82) is 5.26 Å². The van der Waals surface area contributed by atoms with Crippen LogP contribution in [0.5, 0.6) is 5.75 Å². The van der Waals surface area contributed by atoms with Crippen LogP contribution in [-0.2, 0) is 6.42 Å². The van der Waals surface area contributed by atoms with Crippen LogP contribution < -0.4 is 0 Å². The molecule has 0 radical (unpaired) electrons. The van der Waals surface area contributed by atoms with E-state index >= 15 is 0 Å². The largest absolute Gasteiger partial charge is 0.507 e. The van der Waals surface area contributed by atoms with Crippen LogP contribution in [0.15, 0.2) is 36.4 Å². The van der Waals surface area contributed by atoms with E-state index in [1.807, 2.05) is 44.2 Å². The smallest absolute Gasteiger partial charge is 0.122 e. The van der Waals surface area contributed by atoms with Gasteiger partial charge in [-0.05, 0) is 36.6 Å². The number of hydrogen-bond acceptors (Lipinski definition) is 2. The molecule has 0 aliphatic heterocycles. The predicted octanol–water partition coefficient (Wildman–Crippen LogP) is 3.47. The van der Waals surface area contributed by atoms with Crippen molar-refractivity contribution in [1.82, 2.24) is 0 Å². The molecule has 18 heavy (non-hydrogen) atoms. The van der Waals surface area contributed by atoms with Crippen molar-refractivity contribution in [2.75, 3.05) is 0 Å². The van der Waals surface area contributed by atoms with Crippen LogP contribution in [0.3, 0.4) is 0 Å². The van der Waals surface area contributed by atoms with Crippen LogP contribution in [-0.4, -0.2) is 5.11 Å². The van der Waals surface area contributed by atoms with E-state index in [0.717, 1.165) is 22.3 Å². The van der Waals surface area contributed by atoms with Crippen molar-refractivity contribution in [3.05, 3.63) is 64.2 Å². The SMILES string of the molecule is Cc1cc(C)c(O)c(Cc2ccccc2C#N)c1. The van der Waals surface area contributed by atoms with Crippen LogP contribution in [0.25, 0.3) is 0 Å². The average molecular weight is 237 g/mol. The first-order valence-corrected chi connectivity index (χ1v) is 5.89. The molecule has 0 atom stereocenters. The number of aromatic hydroxyl groups is 1. The van der Waals surface area contributed by atoms with Gasteiger partial charge in [0.25, 0.3) is 0 Å². The molecule has 1 N–H and O–H groups in total. The second-order valence-electron chi connectivity index (χ2n) is 4.54. The summed E-state index contributed by atoms with van der Waals surface area (Å²) in [7, 11) is 0. The first-order chi connectivity index (χ1) is 8.61. The molecule has 90 valence electrons. The lowest BCUT2D eigenvalue weighted by atomic mass is 9.97. The maximum absolute atomic E-state index is 10.1. The third kappa shape index (κ3) is 2.36. The molecule has 0 spiro atoms.